The van der Waals surface area contributed by atoms with Crippen molar-refractivity contribution in [2.45, 2.75) is 32.7 Å². The van der Waals surface area contributed by atoms with Crippen LogP contribution in [0.3, 0.4) is 0 Å². The summed E-state index contributed by atoms with van der Waals surface area (Å²) in [7, 11) is -3.41. The van der Waals surface area contributed by atoms with Crippen LogP contribution in [0.5, 0.6) is 0 Å². The summed E-state index contributed by atoms with van der Waals surface area (Å²) in [4.78, 5) is 19.0. The third-order valence-electron chi connectivity index (χ3n) is 2.60. The number of hydrogen-bond acceptors (Lipinski definition) is 4. The molecule has 114 valence electrons. The summed E-state index contributed by atoms with van der Waals surface area (Å²) in [5.74, 6) is 0.683. The predicted octanol–water partition coefficient (Wildman–Crippen LogP) is 0.0323. The monoisotopic (exact) mass is 302 g/mol. The van der Waals surface area contributed by atoms with Crippen LogP contribution in [0.4, 0.5) is 0 Å². The van der Waals surface area contributed by atoms with Crippen LogP contribution in [-0.2, 0) is 21.2 Å². The fourth-order valence-corrected chi connectivity index (χ4v) is 2.52. The van der Waals surface area contributed by atoms with Gasteiger partial charge in [0.05, 0.1) is 6.26 Å². The molecule has 1 atom stereocenters. The maximum absolute atomic E-state index is 12.0. The Hall–Kier alpha value is -1.41. The summed E-state index contributed by atoms with van der Waals surface area (Å²) >= 11 is 0. The number of nitrogens with one attached hydrogen (secondary N) is 3. The van der Waals surface area contributed by atoms with E-state index in [1.165, 1.54) is 0 Å². The summed E-state index contributed by atoms with van der Waals surface area (Å²) in [6, 6.07) is -0.735. The van der Waals surface area contributed by atoms with E-state index >= 15 is 0 Å². The molecular formula is C12H22N4O3S. The van der Waals surface area contributed by atoms with Gasteiger partial charge in [-0.1, -0.05) is 13.8 Å². The number of rotatable bonds is 8. The van der Waals surface area contributed by atoms with Crippen molar-refractivity contribution in [2.24, 2.45) is 5.92 Å². The molecular weight excluding hydrogens is 280 g/mol. The van der Waals surface area contributed by atoms with Crippen LogP contribution in [0, 0.1) is 5.92 Å². The Balaban J connectivity index is 2.49. The Kier molecular flexibility index (Phi) is 6.15. The average molecular weight is 302 g/mol. The van der Waals surface area contributed by atoms with E-state index in [0.717, 1.165) is 12.1 Å². The van der Waals surface area contributed by atoms with Gasteiger partial charge < -0.3 is 10.3 Å². The molecule has 8 heteroatoms. The zero-order chi connectivity index (χ0) is 15.2. The Labute approximate surface area is 119 Å². The molecule has 0 aliphatic rings. The van der Waals surface area contributed by atoms with Crippen molar-refractivity contribution in [1.82, 2.24) is 20.0 Å². The van der Waals surface area contributed by atoms with Gasteiger partial charge in [-0.3, -0.25) is 4.79 Å². The zero-order valence-electron chi connectivity index (χ0n) is 12.0. The molecule has 1 aromatic heterocycles. The van der Waals surface area contributed by atoms with E-state index in [9.17, 15) is 13.2 Å². The maximum Gasteiger partial charge on any atom is 0.238 e. The molecule has 7 nitrogen and oxygen atoms in total. The second-order valence-electron chi connectivity index (χ2n) is 5.15. The van der Waals surface area contributed by atoms with Gasteiger partial charge in [-0.05, 0) is 12.3 Å². The Morgan fingerprint density at radius 2 is 2.15 bits per heavy atom. The van der Waals surface area contributed by atoms with Crippen LogP contribution in [0.1, 0.15) is 26.1 Å². The molecule has 3 N–H and O–H groups in total. The highest BCUT2D eigenvalue weighted by molar-refractivity contribution is 7.88. The Bertz CT molecular complexity index is 511. The number of H-pyrrole nitrogens is 1. The minimum atomic E-state index is -3.41. The fraction of sp³-hybridized carbons (Fsp3) is 0.667. The standard InChI is InChI=1S/C12H22N4O3S/c1-9(2)8-10(16-20(3,18)19)12(17)15-5-4-11-13-6-7-14-11/h6-7,9-10,16H,4-5,8H2,1-3H3,(H,13,14)(H,15,17). The third kappa shape index (κ3) is 6.67. The van der Waals surface area contributed by atoms with Gasteiger partial charge in [0.1, 0.15) is 11.9 Å². The minimum Gasteiger partial charge on any atom is -0.354 e. The molecule has 0 aliphatic carbocycles. The molecule has 0 spiro atoms. The van der Waals surface area contributed by atoms with Gasteiger partial charge in [0.2, 0.25) is 15.9 Å². The number of carbonyl (C=O) groups is 1. The number of nitrogens with zero attached hydrogens (tertiary/aromatic N) is 1. The first kappa shape index (κ1) is 16.6. The number of carbonyl (C=O) groups excluding carboxylic acids is 1. The Morgan fingerprint density at radius 3 is 2.65 bits per heavy atom. The molecule has 0 saturated heterocycles. The van der Waals surface area contributed by atoms with Crippen LogP contribution in [-0.4, -0.2) is 43.1 Å². The molecule has 20 heavy (non-hydrogen) atoms. The molecule has 0 saturated carbocycles. The number of aromatic nitrogens is 2. The van der Waals surface area contributed by atoms with Crippen LogP contribution in [0.25, 0.3) is 0 Å². The number of amides is 1. The van der Waals surface area contributed by atoms with Gasteiger partial charge in [-0.25, -0.2) is 18.1 Å². The van der Waals surface area contributed by atoms with Crippen molar-refractivity contribution >= 4 is 15.9 Å². The van der Waals surface area contributed by atoms with Crippen molar-refractivity contribution in [1.29, 1.82) is 0 Å². The highest BCUT2D eigenvalue weighted by Crippen LogP contribution is 2.06. The highest BCUT2D eigenvalue weighted by Gasteiger charge is 2.22. The molecule has 0 aliphatic heterocycles. The molecule has 0 bridgehead atoms. The molecule has 0 aromatic carbocycles. The van der Waals surface area contributed by atoms with Crippen molar-refractivity contribution in [3.05, 3.63) is 18.2 Å². The van der Waals surface area contributed by atoms with Gasteiger partial charge in [0.25, 0.3) is 0 Å². The molecule has 1 aromatic rings. The first-order chi connectivity index (χ1) is 9.28. The van der Waals surface area contributed by atoms with Crippen LogP contribution in [0.15, 0.2) is 12.4 Å². The number of imidazole rings is 1. The quantitative estimate of drug-likeness (QED) is 0.630. The molecule has 0 radical (unpaired) electrons. The van der Waals surface area contributed by atoms with Gasteiger partial charge >= 0.3 is 0 Å². The first-order valence-corrected chi connectivity index (χ1v) is 8.40. The van der Waals surface area contributed by atoms with Crippen molar-refractivity contribution < 1.29 is 13.2 Å². The molecule has 1 heterocycles. The molecule has 1 unspecified atom stereocenters. The number of hydrogen-bond donors (Lipinski definition) is 3. The van der Waals surface area contributed by atoms with E-state index in [2.05, 4.69) is 20.0 Å². The number of sulfonamides is 1. The first-order valence-electron chi connectivity index (χ1n) is 6.51. The Morgan fingerprint density at radius 1 is 1.45 bits per heavy atom. The predicted molar refractivity (Wildman–Crippen MR) is 76.5 cm³/mol. The van der Waals surface area contributed by atoms with Crippen molar-refractivity contribution in [3.8, 4) is 0 Å². The summed E-state index contributed by atoms with van der Waals surface area (Å²) in [5, 5.41) is 2.72. The van der Waals surface area contributed by atoms with E-state index in [-0.39, 0.29) is 11.8 Å². The summed E-state index contributed by atoms with van der Waals surface area (Å²) in [6.07, 6.45) is 5.44. The van der Waals surface area contributed by atoms with E-state index < -0.39 is 16.1 Å². The van der Waals surface area contributed by atoms with E-state index in [1.807, 2.05) is 13.8 Å². The third-order valence-corrected chi connectivity index (χ3v) is 3.31. The fourth-order valence-electron chi connectivity index (χ4n) is 1.80. The zero-order valence-corrected chi connectivity index (χ0v) is 12.8. The van der Waals surface area contributed by atoms with Gasteiger partial charge in [0, 0.05) is 25.4 Å². The minimum absolute atomic E-state index is 0.213. The second kappa shape index (κ2) is 7.39. The second-order valence-corrected chi connectivity index (χ2v) is 6.93. The molecule has 0 fully saturated rings. The highest BCUT2D eigenvalue weighted by atomic mass is 32.2. The largest absolute Gasteiger partial charge is 0.354 e. The van der Waals surface area contributed by atoms with Gasteiger partial charge in [-0.2, -0.15) is 0 Å². The smallest absolute Gasteiger partial charge is 0.238 e. The average Bonchev–Trinajstić information content (AvgIpc) is 2.78. The van der Waals surface area contributed by atoms with E-state index in [0.29, 0.717) is 19.4 Å². The van der Waals surface area contributed by atoms with Crippen LogP contribution < -0.4 is 10.0 Å². The van der Waals surface area contributed by atoms with Crippen molar-refractivity contribution in [3.63, 3.8) is 0 Å². The normalized spacial score (nSPS) is 13.4. The topological polar surface area (TPSA) is 104 Å². The van der Waals surface area contributed by atoms with Crippen LogP contribution in [0.2, 0.25) is 0 Å². The molecule has 1 rings (SSSR count). The van der Waals surface area contributed by atoms with Gasteiger partial charge in [-0.15, -0.1) is 0 Å². The molecule has 1 amide bonds. The maximum atomic E-state index is 12.0. The lowest BCUT2D eigenvalue weighted by Crippen LogP contribution is -2.47. The SMILES string of the molecule is CC(C)CC(NS(C)(=O)=O)C(=O)NCCc1ncc[nH]1. The van der Waals surface area contributed by atoms with E-state index in [4.69, 9.17) is 0 Å². The lowest BCUT2D eigenvalue weighted by atomic mass is 10.0. The lowest BCUT2D eigenvalue weighted by molar-refractivity contribution is -0.123. The summed E-state index contributed by atoms with van der Waals surface area (Å²) in [6.45, 7) is 4.28. The van der Waals surface area contributed by atoms with Gasteiger partial charge in [0.15, 0.2) is 0 Å². The number of aromatic amines is 1. The lowest BCUT2D eigenvalue weighted by Gasteiger charge is -2.18. The van der Waals surface area contributed by atoms with Crippen molar-refractivity contribution in [2.75, 3.05) is 12.8 Å². The summed E-state index contributed by atoms with van der Waals surface area (Å²) < 4.78 is 24.9. The van der Waals surface area contributed by atoms with Crippen LogP contribution >= 0.6 is 0 Å². The summed E-state index contributed by atoms with van der Waals surface area (Å²) in [5.41, 5.74) is 0. The van der Waals surface area contributed by atoms with E-state index in [1.54, 1.807) is 12.4 Å².